The van der Waals surface area contributed by atoms with Crippen LogP contribution in [0, 0.1) is 19.8 Å². The van der Waals surface area contributed by atoms with Gasteiger partial charge in [0.05, 0.1) is 5.69 Å². The second-order valence-corrected chi connectivity index (χ2v) is 8.92. The van der Waals surface area contributed by atoms with Gasteiger partial charge in [0.25, 0.3) is 0 Å². The topological polar surface area (TPSA) is 61.8 Å². The molecule has 2 amide bonds. The van der Waals surface area contributed by atoms with E-state index in [9.17, 15) is 9.59 Å². The second-order valence-electron chi connectivity index (χ2n) is 7.75. The number of aryl methyl sites for hydroxylation is 2. The molecule has 1 N–H and O–H groups in total. The fourth-order valence-electron chi connectivity index (χ4n) is 3.19. The van der Waals surface area contributed by atoms with Crippen molar-refractivity contribution in [3.63, 3.8) is 0 Å². The Bertz CT molecular complexity index is 925. The summed E-state index contributed by atoms with van der Waals surface area (Å²) in [5.41, 5.74) is 3.75. The molecule has 3 rings (SSSR count). The monoisotopic (exact) mass is 409 g/mol. The number of thioether (sulfide) groups is 1. The lowest BCUT2D eigenvalue weighted by atomic mass is 10.1. The van der Waals surface area contributed by atoms with Gasteiger partial charge in [-0.25, -0.2) is 4.99 Å². The number of nitrogens with zero attached hydrogens (tertiary/aromatic N) is 2. The van der Waals surface area contributed by atoms with Crippen molar-refractivity contribution in [2.75, 3.05) is 11.9 Å². The van der Waals surface area contributed by atoms with E-state index in [2.05, 4.69) is 24.2 Å². The lowest BCUT2D eigenvalue weighted by Gasteiger charge is -2.18. The zero-order valence-corrected chi connectivity index (χ0v) is 18.1. The predicted octanol–water partition coefficient (Wildman–Crippen LogP) is 4.92. The molecule has 6 heteroatoms. The second kappa shape index (κ2) is 9.27. The van der Waals surface area contributed by atoms with Crippen LogP contribution in [-0.4, -0.2) is 33.7 Å². The SMILES string of the molecule is Cc1ccc(NC(=O)C[C@H]2SC(=Nc3ccccc3)N(CC(C)C)C2=O)c(C)c1. The molecule has 1 atom stereocenters. The van der Waals surface area contributed by atoms with Crippen molar-refractivity contribution in [1.82, 2.24) is 4.90 Å². The number of rotatable bonds is 6. The van der Waals surface area contributed by atoms with Crippen LogP contribution in [0.15, 0.2) is 53.5 Å². The van der Waals surface area contributed by atoms with Crippen molar-refractivity contribution < 1.29 is 9.59 Å². The average Bonchev–Trinajstić information content (AvgIpc) is 2.93. The van der Waals surface area contributed by atoms with Crippen LogP contribution in [0.4, 0.5) is 11.4 Å². The van der Waals surface area contributed by atoms with Crippen molar-refractivity contribution >= 4 is 40.1 Å². The number of para-hydroxylation sites is 1. The van der Waals surface area contributed by atoms with Crippen molar-refractivity contribution in [1.29, 1.82) is 0 Å². The van der Waals surface area contributed by atoms with Crippen LogP contribution in [0.2, 0.25) is 0 Å². The molecule has 0 spiro atoms. The molecule has 0 saturated carbocycles. The van der Waals surface area contributed by atoms with E-state index in [1.807, 2.05) is 62.4 Å². The maximum absolute atomic E-state index is 13.0. The van der Waals surface area contributed by atoms with Gasteiger partial charge in [0, 0.05) is 18.7 Å². The molecule has 1 aliphatic heterocycles. The number of anilines is 1. The summed E-state index contributed by atoms with van der Waals surface area (Å²) in [6.45, 7) is 8.71. The third-order valence-electron chi connectivity index (χ3n) is 4.58. The summed E-state index contributed by atoms with van der Waals surface area (Å²) in [6.07, 6.45) is 0.124. The third kappa shape index (κ3) is 5.48. The largest absolute Gasteiger partial charge is 0.326 e. The van der Waals surface area contributed by atoms with Crippen LogP contribution in [0.5, 0.6) is 0 Å². The number of hydrogen-bond donors (Lipinski definition) is 1. The van der Waals surface area contributed by atoms with E-state index in [1.54, 1.807) is 4.90 Å². The number of carbonyl (C=O) groups excluding carboxylic acids is 2. The number of carbonyl (C=O) groups is 2. The number of aliphatic imine (C=N–C) groups is 1. The van der Waals surface area contributed by atoms with Gasteiger partial charge in [0.2, 0.25) is 11.8 Å². The number of amidine groups is 1. The van der Waals surface area contributed by atoms with Crippen molar-refractivity contribution in [3.05, 3.63) is 59.7 Å². The van der Waals surface area contributed by atoms with E-state index in [0.29, 0.717) is 17.6 Å². The van der Waals surface area contributed by atoms with Gasteiger partial charge in [-0.15, -0.1) is 0 Å². The normalized spacial score (nSPS) is 18.0. The molecule has 0 aliphatic carbocycles. The number of amides is 2. The van der Waals surface area contributed by atoms with Gasteiger partial charge < -0.3 is 5.32 Å². The zero-order valence-electron chi connectivity index (χ0n) is 17.3. The lowest BCUT2D eigenvalue weighted by Crippen LogP contribution is -2.36. The van der Waals surface area contributed by atoms with Gasteiger partial charge in [-0.2, -0.15) is 0 Å². The van der Waals surface area contributed by atoms with E-state index in [0.717, 1.165) is 22.5 Å². The minimum Gasteiger partial charge on any atom is -0.326 e. The maximum Gasteiger partial charge on any atom is 0.242 e. The molecular weight excluding hydrogens is 382 g/mol. The molecule has 0 bridgehead atoms. The molecule has 2 aromatic rings. The first kappa shape index (κ1) is 21.1. The van der Waals surface area contributed by atoms with Gasteiger partial charge in [-0.3, -0.25) is 14.5 Å². The molecular formula is C23H27N3O2S. The molecule has 1 aliphatic rings. The molecule has 152 valence electrons. The standard InChI is InChI=1S/C23H27N3O2S/c1-15(2)14-26-22(28)20(29-23(26)24-18-8-6-5-7-9-18)13-21(27)25-19-11-10-16(3)12-17(19)4/h5-12,15,20H,13-14H2,1-4H3,(H,25,27)/t20-/m1/s1. The minimum absolute atomic E-state index is 0.0471. The number of hydrogen-bond acceptors (Lipinski definition) is 4. The fourth-order valence-corrected chi connectivity index (χ4v) is 4.36. The Morgan fingerprint density at radius 3 is 2.55 bits per heavy atom. The molecule has 5 nitrogen and oxygen atoms in total. The van der Waals surface area contributed by atoms with E-state index in [1.165, 1.54) is 11.8 Å². The van der Waals surface area contributed by atoms with Gasteiger partial charge >= 0.3 is 0 Å². The summed E-state index contributed by atoms with van der Waals surface area (Å²) in [6, 6.07) is 15.5. The lowest BCUT2D eigenvalue weighted by molar-refractivity contribution is -0.128. The fraction of sp³-hybridized carbons (Fsp3) is 0.348. The van der Waals surface area contributed by atoms with Crippen LogP contribution in [0.1, 0.15) is 31.4 Å². The van der Waals surface area contributed by atoms with Gasteiger partial charge in [-0.05, 0) is 43.5 Å². The Hall–Kier alpha value is -2.60. The Morgan fingerprint density at radius 2 is 1.90 bits per heavy atom. The summed E-state index contributed by atoms with van der Waals surface area (Å²) in [5, 5.41) is 3.15. The van der Waals surface area contributed by atoms with Crippen LogP contribution in [0.3, 0.4) is 0 Å². The first-order chi connectivity index (χ1) is 13.8. The highest BCUT2D eigenvalue weighted by Crippen LogP contribution is 2.32. The smallest absolute Gasteiger partial charge is 0.242 e. The highest BCUT2D eigenvalue weighted by molar-refractivity contribution is 8.15. The molecule has 29 heavy (non-hydrogen) atoms. The Balaban J connectivity index is 1.74. The number of benzene rings is 2. The predicted molar refractivity (Wildman–Crippen MR) is 121 cm³/mol. The van der Waals surface area contributed by atoms with E-state index in [4.69, 9.17) is 0 Å². The third-order valence-corrected chi connectivity index (χ3v) is 5.75. The van der Waals surface area contributed by atoms with Crippen LogP contribution in [0.25, 0.3) is 0 Å². The maximum atomic E-state index is 13.0. The molecule has 0 unspecified atom stereocenters. The summed E-state index contributed by atoms with van der Waals surface area (Å²) in [4.78, 5) is 32.0. The summed E-state index contributed by atoms with van der Waals surface area (Å²) in [5.74, 6) is 0.103. The Labute approximate surface area is 176 Å². The van der Waals surface area contributed by atoms with Crippen LogP contribution in [-0.2, 0) is 9.59 Å². The minimum atomic E-state index is -0.457. The summed E-state index contributed by atoms with van der Waals surface area (Å²) < 4.78 is 0. The molecule has 2 aromatic carbocycles. The van der Waals surface area contributed by atoms with Gasteiger partial charge in [0.1, 0.15) is 5.25 Å². The van der Waals surface area contributed by atoms with E-state index >= 15 is 0 Å². The van der Waals surface area contributed by atoms with Crippen molar-refractivity contribution in [3.8, 4) is 0 Å². The van der Waals surface area contributed by atoms with E-state index < -0.39 is 5.25 Å². The Kier molecular flexibility index (Phi) is 6.75. The van der Waals surface area contributed by atoms with Gasteiger partial charge in [0.15, 0.2) is 5.17 Å². The number of nitrogens with one attached hydrogen (secondary N) is 1. The average molecular weight is 410 g/mol. The molecule has 0 aromatic heterocycles. The quantitative estimate of drug-likeness (QED) is 0.737. The van der Waals surface area contributed by atoms with Crippen LogP contribution >= 0.6 is 11.8 Å². The summed E-state index contributed by atoms with van der Waals surface area (Å²) >= 11 is 1.37. The van der Waals surface area contributed by atoms with Crippen LogP contribution < -0.4 is 5.32 Å². The molecule has 0 radical (unpaired) electrons. The Morgan fingerprint density at radius 1 is 1.17 bits per heavy atom. The first-order valence-corrected chi connectivity index (χ1v) is 10.7. The molecule has 1 fully saturated rings. The zero-order chi connectivity index (χ0) is 21.0. The highest BCUT2D eigenvalue weighted by Gasteiger charge is 2.39. The summed E-state index contributed by atoms with van der Waals surface area (Å²) in [7, 11) is 0. The first-order valence-electron chi connectivity index (χ1n) is 9.82. The van der Waals surface area contributed by atoms with Crippen molar-refractivity contribution in [2.45, 2.75) is 39.4 Å². The molecule has 1 heterocycles. The van der Waals surface area contributed by atoms with Gasteiger partial charge in [-0.1, -0.05) is 61.5 Å². The van der Waals surface area contributed by atoms with E-state index in [-0.39, 0.29) is 18.2 Å². The van der Waals surface area contributed by atoms with Crippen molar-refractivity contribution in [2.24, 2.45) is 10.9 Å². The highest BCUT2D eigenvalue weighted by atomic mass is 32.2. The molecule has 1 saturated heterocycles.